The van der Waals surface area contributed by atoms with Crippen molar-refractivity contribution in [2.75, 3.05) is 97.4 Å². The SMILES string of the molecule is CCCCNc1ncc2c(-c3ccc(CN4CCN(CCOCCOCCOCCOCCCc5ccc6c(c5)n(C)c(=O)n6C5CCC(=O)NC5=O)CC4)cc3)[nH]nc2n1. The number of carbonyl (C=O) groups is 2. The van der Waals surface area contributed by atoms with E-state index in [4.69, 9.17) is 18.9 Å². The summed E-state index contributed by atoms with van der Waals surface area (Å²) in [5.74, 6) is -0.119. The first-order chi connectivity index (χ1) is 29.9. The number of imidazole rings is 1. The van der Waals surface area contributed by atoms with Gasteiger partial charge in [-0.25, -0.2) is 9.78 Å². The second-order valence-electron chi connectivity index (χ2n) is 15.7. The van der Waals surface area contributed by atoms with Crippen LogP contribution in [0.5, 0.6) is 0 Å². The highest BCUT2D eigenvalue weighted by Crippen LogP contribution is 2.27. The highest BCUT2D eigenvalue weighted by atomic mass is 16.6. The van der Waals surface area contributed by atoms with Crippen LogP contribution in [0.2, 0.25) is 0 Å². The number of rotatable bonds is 24. The van der Waals surface area contributed by atoms with Gasteiger partial charge in [0.2, 0.25) is 17.8 Å². The smallest absolute Gasteiger partial charge is 0.329 e. The van der Waals surface area contributed by atoms with Crippen LogP contribution < -0.4 is 16.3 Å². The van der Waals surface area contributed by atoms with E-state index in [-0.39, 0.29) is 18.0 Å². The third kappa shape index (κ3) is 11.9. The Morgan fingerprint density at radius 3 is 2.21 bits per heavy atom. The van der Waals surface area contributed by atoms with Gasteiger partial charge < -0.3 is 24.3 Å². The summed E-state index contributed by atoms with van der Waals surface area (Å²) in [6.45, 7) is 13.4. The molecule has 5 aromatic rings. The quantitative estimate of drug-likeness (QED) is 0.0605. The molecule has 7 rings (SSSR count). The Morgan fingerprint density at radius 1 is 0.803 bits per heavy atom. The summed E-state index contributed by atoms with van der Waals surface area (Å²) in [6, 6.07) is 13.8. The third-order valence-corrected chi connectivity index (χ3v) is 11.3. The summed E-state index contributed by atoms with van der Waals surface area (Å²) in [4.78, 5) is 51.0. The van der Waals surface area contributed by atoms with Gasteiger partial charge in [0.25, 0.3) is 0 Å². The van der Waals surface area contributed by atoms with Gasteiger partial charge in [-0.1, -0.05) is 43.7 Å². The van der Waals surface area contributed by atoms with E-state index < -0.39 is 11.9 Å². The molecular formula is C44H60N10O7. The first-order valence-electron chi connectivity index (χ1n) is 21.7. The lowest BCUT2D eigenvalue weighted by molar-refractivity contribution is -0.135. The number of piperazine rings is 1. The Hall–Kier alpha value is -5.04. The Bertz CT molecular complexity index is 2250. The molecule has 5 heterocycles. The lowest BCUT2D eigenvalue weighted by Gasteiger charge is -2.34. The van der Waals surface area contributed by atoms with Crippen LogP contribution in [-0.2, 0) is 48.5 Å². The number of benzene rings is 2. The molecule has 0 radical (unpaired) electrons. The first kappa shape index (κ1) is 44.0. The van der Waals surface area contributed by atoms with E-state index in [2.05, 4.69) is 71.8 Å². The molecule has 0 spiro atoms. The van der Waals surface area contributed by atoms with Crippen LogP contribution in [0.25, 0.3) is 33.3 Å². The molecule has 1 unspecified atom stereocenters. The number of H-pyrrole nitrogens is 1. The molecule has 0 saturated carbocycles. The molecular weight excluding hydrogens is 781 g/mol. The highest BCUT2D eigenvalue weighted by molar-refractivity contribution is 6.00. The summed E-state index contributed by atoms with van der Waals surface area (Å²) < 4.78 is 26.0. The van der Waals surface area contributed by atoms with Gasteiger partial charge in [-0.15, -0.1) is 0 Å². The van der Waals surface area contributed by atoms with Crippen LogP contribution in [0.3, 0.4) is 0 Å². The van der Waals surface area contributed by atoms with E-state index in [1.807, 2.05) is 24.4 Å². The largest absolute Gasteiger partial charge is 0.379 e. The van der Waals surface area contributed by atoms with Crippen molar-refractivity contribution in [3.63, 3.8) is 0 Å². The van der Waals surface area contributed by atoms with Crippen molar-refractivity contribution in [1.29, 1.82) is 0 Å². The molecule has 17 nitrogen and oxygen atoms in total. The number of anilines is 1. The first-order valence-corrected chi connectivity index (χ1v) is 21.7. The maximum Gasteiger partial charge on any atom is 0.329 e. The van der Waals surface area contributed by atoms with E-state index in [0.717, 1.165) is 99.2 Å². The number of aromatic nitrogens is 6. The summed E-state index contributed by atoms with van der Waals surface area (Å²) in [5.41, 5.74) is 6.24. The molecule has 17 heteroatoms. The number of aromatic amines is 1. The van der Waals surface area contributed by atoms with Gasteiger partial charge in [-0.3, -0.25) is 38.9 Å². The summed E-state index contributed by atoms with van der Waals surface area (Å²) in [7, 11) is 1.70. The number of ether oxygens (including phenoxy) is 4. The number of nitrogens with one attached hydrogen (secondary N) is 3. The molecule has 3 aromatic heterocycles. The number of aryl methyl sites for hydroxylation is 2. The average molecular weight is 841 g/mol. The number of piperidine rings is 1. The van der Waals surface area contributed by atoms with Crippen LogP contribution in [-0.4, -0.2) is 143 Å². The van der Waals surface area contributed by atoms with E-state index in [9.17, 15) is 14.4 Å². The zero-order valence-corrected chi connectivity index (χ0v) is 35.5. The summed E-state index contributed by atoms with van der Waals surface area (Å²) in [6.07, 6.45) is 6.19. The fourth-order valence-electron chi connectivity index (χ4n) is 7.82. The number of hydrogen-bond acceptors (Lipinski definition) is 13. The van der Waals surface area contributed by atoms with Gasteiger partial charge in [-0.05, 0) is 48.9 Å². The number of unbranched alkanes of at least 4 members (excludes halogenated alkanes) is 1. The number of fused-ring (bicyclic) bond motifs is 2. The molecule has 1 atom stereocenters. The minimum absolute atomic E-state index is 0.217. The van der Waals surface area contributed by atoms with Crippen molar-refractivity contribution < 1.29 is 28.5 Å². The van der Waals surface area contributed by atoms with Crippen molar-refractivity contribution in [1.82, 2.24) is 44.4 Å². The molecule has 2 aromatic carbocycles. The molecule has 328 valence electrons. The maximum atomic E-state index is 13.0. The highest BCUT2D eigenvalue weighted by Gasteiger charge is 2.31. The topological polar surface area (TPSA) is 183 Å². The Balaban J connectivity index is 0.676. The van der Waals surface area contributed by atoms with E-state index in [1.165, 1.54) is 10.1 Å². The fraction of sp³-hybridized carbons (Fsp3) is 0.545. The summed E-state index contributed by atoms with van der Waals surface area (Å²) in [5, 5.41) is 14.1. The third-order valence-electron chi connectivity index (χ3n) is 11.3. The molecule has 2 aliphatic heterocycles. The minimum atomic E-state index is -0.685. The number of hydrogen-bond donors (Lipinski definition) is 3. The lowest BCUT2D eigenvalue weighted by Crippen LogP contribution is -2.46. The van der Waals surface area contributed by atoms with Crippen molar-refractivity contribution in [3.05, 3.63) is 70.3 Å². The van der Waals surface area contributed by atoms with Gasteiger partial charge in [-0.2, -0.15) is 10.1 Å². The number of carbonyl (C=O) groups excluding carboxylic acids is 2. The maximum absolute atomic E-state index is 13.0. The predicted octanol–water partition coefficient (Wildman–Crippen LogP) is 3.68. The van der Waals surface area contributed by atoms with Crippen LogP contribution in [0.15, 0.2) is 53.5 Å². The predicted molar refractivity (Wildman–Crippen MR) is 232 cm³/mol. The van der Waals surface area contributed by atoms with Gasteiger partial charge in [0.05, 0.1) is 68.4 Å². The standard InChI is InChI=1S/C44H60N10O7/c1-3-4-15-45-43-46-30-35-40(49-50-41(35)48-43)34-10-7-33(8-11-34)31-53-18-16-52(17-19-53)20-22-59-24-26-61-28-27-60-25-23-58-21-5-6-32-9-12-36-38(29-32)51(2)44(57)54(36)37-13-14-39(55)47-42(37)56/h7-12,29-30,37H,3-6,13-28,31H2,1-2H3,(H,47,55,56)(H2,45,46,48,49,50). The number of imide groups is 1. The molecule has 3 N–H and O–H groups in total. The van der Waals surface area contributed by atoms with Gasteiger partial charge >= 0.3 is 5.69 Å². The van der Waals surface area contributed by atoms with Gasteiger partial charge in [0.1, 0.15) is 6.04 Å². The number of amides is 2. The van der Waals surface area contributed by atoms with Gasteiger partial charge in [0.15, 0.2) is 5.65 Å². The van der Waals surface area contributed by atoms with E-state index >= 15 is 0 Å². The second kappa shape index (κ2) is 22.2. The Labute approximate surface area is 356 Å². The van der Waals surface area contributed by atoms with Crippen LogP contribution in [0, 0.1) is 0 Å². The average Bonchev–Trinajstić information content (AvgIpc) is 3.80. The van der Waals surface area contributed by atoms with Crippen LogP contribution in [0.4, 0.5) is 5.95 Å². The van der Waals surface area contributed by atoms with Gasteiger partial charge in [0, 0.05) is 77.6 Å². The van der Waals surface area contributed by atoms with E-state index in [1.54, 1.807) is 11.6 Å². The molecule has 0 bridgehead atoms. The molecule has 61 heavy (non-hydrogen) atoms. The van der Waals surface area contributed by atoms with Crippen molar-refractivity contribution >= 4 is 39.8 Å². The Morgan fingerprint density at radius 2 is 1.49 bits per heavy atom. The second-order valence-corrected chi connectivity index (χ2v) is 15.7. The van der Waals surface area contributed by atoms with Crippen molar-refractivity contribution in [2.45, 2.75) is 58.0 Å². The molecule has 2 saturated heterocycles. The molecule has 0 aliphatic carbocycles. The lowest BCUT2D eigenvalue weighted by atomic mass is 10.1. The van der Waals surface area contributed by atoms with Crippen LogP contribution in [0.1, 0.15) is 56.2 Å². The fourth-order valence-corrected chi connectivity index (χ4v) is 7.82. The summed E-state index contributed by atoms with van der Waals surface area (Å²) >= 11 is 0. The molecule has 2 aliphatic rings. The zero-order valence-electron chi connectivity index (χ0n) is 35.5. The molecule has 2 amide bonds. The van der Waals surface area contributed by atoms with Crippen LogP contribution >= 0.6 is 0 Å². The van der Waals surface area contributed by atoms with Crippen molar-refractivity contribution in [2.24, 2.45) is 7.05 Å². The Kier molecular flexibility index (Phi) is 16.0. The number of nitrogens with zero attached hydrogens (tertiary/aromatic N) is 7. The monoisotopic (exact) mass is 840 g/mol. The van der Waals surface area contributed by atoms with Crippen molar-refractivity contribution in [3.8, 4) is 11.3 Å². The molecule has 2 fully saturated rings. The zero-order chi connectivity index (χ0) is 42.4. The van der Waals surface area contributed by atoms with E-state index in [0.29, 0.717) is 76.4 Å². The normalized spacial score (nSPS) is 16.5. The minimum Gasteiger partial charge on any atom is -0.379 e.